The van der Waals surface area contributed by atoms with E-state index in [9.17, 15) is 24.9 Å². The monoisotopic (exact) mass is 512 g/mol. The molecule has 200 valence electrons. The lowest BCUT2D eigenvalue weighted by Crippen LogP contribution is -2.50. The molecule has 0 bridgehead atoms. The van der Waals surface area contributed by atoms with Gasteiger partial charge in [0.15, 0.2) is 0 Å². The minimum Gasteiger partial charge on any atom is -0.444 e. The van der Waals surface area contributed by atoms with Gasteiger partial charge in [-0.25, -0.2) is 4.79 Å². The Morgan fingerprint density at radius 3 is 2.59 bits per heavy atom. The predicted molar refractivity (Wildman–Crippen MR) is 138 cm³/mol. The number of carbonyl (C=O) groups excluding carboxylic acids is 2. The second-order valence-electron chi connectivity index (χ2n) is 10.1. The Morgan fingerprint density at radius 1 is 1.24 bits per heavy atom. The highest BCUT2D eigenvalue weighted by Crippen LogP contribution is 2.22. The van der Waals surface area contributed by atoms with Crippen molar-refractivity contribution in [1.29, 1.82) is 5.26 Å². The molecule has 2 heterocycles. The van der Waals surface area contributed by atoms with Gasteiger partial charge in [-0.15, -0.1) is 0 Å². The molecule has 2 amide bonds. The van der Waals surface area contributed by atoms with Gasteiger partial charge in [-0.05, 0) is 51.2 Å². The highest BCUT2D eigenvalue weighted by atomic mass is 16.6. The molecule has 2 aliphatic rings. The Morgan fingerprint density at radius 2 is 1.95 bits per heavy atom. The van der Waals surface area contributed by atoms with Crippen LogP contribution in [0.1, 0.15) is 38.7 Å². The Kier molecular flexibility index (Phi) is 10.5. The average molecular weight is 512 g/mol. The minimum absolute atomic E-state index is 0.0629. The van der Waals surface area contributed by atoms with E-state index < -0.39 is 30.8 Å². The third-order valence-corrected chi connectivity index (χ3v) is 6.83. The van der Waals surface area contributed by atoms with E-state index in [-0.39, 0.29) is 24.4 Å². The van der Waals surface area contributed by atoms with E-state index in [0.29, 0.717) is 26.2 Å². The van der Waals surface area contributed by atoms with Gasteiger partial charge in [0, 0.05) is 25.2 Å². The molecular weight excluding hydrogens is 475 g/mol. The van der Waals surface area contributed by atoms with Crippen molar-refractivity contribution in [1.82, 2.24) is 15.1 Å². The summed E-state index contributed by atoms with van der Waals surface area (Å²) in [4.78, 5) is 29.7. The van der Waals surface area contributed by atoms with Crippen LogP contribution in [0.4, 0.5) is 4.79 Å². The fourth-order valence-corrected chi connectivity index (χ4v) is 4.72. The third-order valence-electron chi connectivity index (χ3n) is 6.83. The van der Waals surface area contributed by atoms with Crippen molar-refractivity contribution in [2.75, 3.05) is 39.4 Å². The predicted octanol–water partition coefficient (Wildman–Crippen LogP) is 1.28. The van der Waals surface area contributed by atoms with Crippen LogP contribution in [0.25, 0.3) is 0 Å². The van der Waals surface area contributed by atoms with E-state index in [2.05, 4.69) is 16.3 Å². The number of morpholine rings is 1. The summed E-state index contributed by atoms with van der Waals surface area (Å²) in [5.41, 5.74) is 0.404. The summed E-state index contributed by atoms with van der Waals surface area (Å²) < 4.78 is 11.0. The molecule has 2 aliphatic heterocycles. The Labute approximate surface area is 219 Å². The van der Waals surface area contributed by atoms with Crippen molar-refractivity contribution in [2.24, 2.45) is 0 Å². The number of likely N-dealkylation sites (tertiary alicyclic amines) is 1. The second kappa shape index (κ2) is 13.6. The molecule has 0 radical (unpaired) electrons. The van der Waals surface area contributed by atoms with E-state index in [1.165, 1.54) is 0 Å². The number of nitrogens with one attached hydrogen (secondary N) is 1. The largest absolute Gasteiger partial charge is 0.475 e. The number of benzene rings is 1. The van der Waals surface area contributed by atoms with Gasteiger partial charge >= 0.3 is 13.2 Å². The molecule has 2 saturated heterocycles. The molecule has 10 nitrogen and oxygen atoms in total. The first-order valence-electron chi connectivity index (χ1n) is 12.8. The molecule has 11 heteroatoms. The molecule has 3 rings (SSSR count). The SMILES string of the molecule is CC(C)(/C=C(\C#N)C(=O)N1CCCC[C@H](OC(=O)N[C@@H](Cc2ccccc2)B(O)O)C1)N1CCOCC1. The topological polar surface area (TPSA) is 135 Å². The summed E-state index contributed by atoms with van der Waals surface area (Å²) in [5, 5.41) is 31.8. The van der Waals surface area contributed by atoms with Crippen LogP contribution in [-0.4, -0.2) is 95.9 Å². The maximum absolute atomic E-state index is 13.3. The van der Waals surface area contributed by atoms with E-state index in [0.717, 1.165) is 31.5 Å². The molecule has 0 unspecified atom stereocenters. The number of alkyl carbamates (subject to hydrolysis) is 1. The molecular formula is C26H37BN4O6. The molecule has 2 fully saturated rings. The van der Waals surface area contributed by atoms with Gasteiger partial charge in [-0.3, -0.25) is 9.69 Å². The highest BCUT2D eigenvalue weighted by molar-refractivity contribution is 6.43. The van der Waals surface area contributed by atoms with Crippen molar-refractivity contribution in [3.8, 4) is 6.07 Å². The molecule has 0 aliphatic carbocycles. The number of hydrogen-bond acceptors (Lipinski definition) is 8. The summed E-state index contributed by atoms with van der Waals surface area (Å²) in [7, 11) is -1.77. The van der Waals surface area contributed by atoms with Crippen molar-refractivity contribution >= 4 is 19.1 Å². The first-order valence-corrected chi connectivity index (χ1v) is 12.8. The van der Waals surface area contributed by atoms with Crippen molar-refractivity contribution in [3.63, 3.8) is 0 Å². The van der Waals surface area contributed by atoms with Gasteiger partial charge in [0.1, 0.15) is 17.7 Å². The normalized spacial score (nSPS) is 20.4. The quantitative estimate of drug-likeness (QED) is 0.269. The summed E-state index contributed by atoms with van der Waals surface area (Å²) in [5.74, 6) is -1.33. The lowest BCUT2D eigenvalue weighted by molar-refractivity contribution is -0.127. The molecule has 1 aromatic carbocycles. The number of nitrogens with zero attached hydrogens (tertiary/aromatic N) is 3. The van der Waals surface area contributed by atoms with Crippen molar-refractivity contribution in [2.45, 2.75) is 57.1 Å². The van der Waals surface area contributed by atoms with Crippen LogP contribution in [0.3, 0.4) is 0 Å². The lowest BCUT2D eigenvalue weighted by atomic mass is 9.76. The first kappa shape index (κ1) is 28.7. The van der Waals surface area contributed by atoms with E-state index >= 15 is 0 Å². The summed E-state index contributed by atoms with van der Waals surface area (Å²) in [6.45, 7) is 7.24. The van der Waals surface area contributed by atoms with Gasteiger partial charge < -0.3 is 29.7 Å². The number of amides is 2. The Balaban J connectivity index is 1.62. The van der Waals surface area contributed by atoms with Gasteiger partial charge in [0.25, 0.3) is 5.91 Å². The minimum atomic E-state index is -1.77. The van der Waals surface area contributed by atoms with Gasteiger partial charge in [0.2, 0.25) is 0 Å². The van der Waals surface area contributed by atoms with Crippen molar-refractivity contribution < 1.29 is 29.1 Å². The molecule has 2 atom stereocenters. The van der Waals surface area contributed by atoms with Crippen LogP contribution < -0.4 is 5.32 Å². The summed E-state index contributed by atoms with van der Waals surface area (Å²) in [6, 6.07) is 11.2. The van der Waals surface area contributed by atoms with Crippen LogP contribution in [0.15, 0.2) is 42.0 Å². The number of hydrogen-bond donors (Lipinski definition) is 3. The molecule has 0 aromatic heterocycles. The smallest absolute Gasteiger partial charge is 0.444 e. The number of rotatable bonds is 8. The number of nitriles is 1. The van der Waals surface area contributed by atoms with Crippen LogP contribution in [0.5, 0.6) is 0 Å². The maximum atomic E-state index is 13.3. The zero-order chi connectivity index (χ0) is 26.8. The summed E-state index contributed by atoms with van der Waals surface area (Å²) >= 11 is 0. The molecule has 37 heavy (non-hydrogen) atoms. The lowest BCUT2D eigenvalue weighted by Gasteiger charge is -2.39. The van der Waals surface area contributed by atoms with Crippen LogP contribution in [0.2, 0.25) is 0 Å². The maximum Gasteiger partial charge on any atom is 0.475 e. The first-order chi connectivity index (χ1) is 17.7. The molecule has 0 spiro atoms. The average Bonchev–Trinajstić information content (AvgIpc) is 3.13. The van der Waals surface area contributed by atoms with Crippen LogP contribution in [0, 0.1) is 11.3 Å². The van der Waals surface area contributed by atoms with E-state index in [4.69, 9.17) is 9.47 Å². The van der Waals surface area contributed by atoms with Crippen LogP contribution >= 0.6 is 0 Å². The zero-order valence-electron chi connectivity index (χ0n) is 21.6. The highest BCUT2D eigenvalue weighted by Gasteiger charge is 2.32. The van der Waals surface area contributed by atoms with Crippen LogP contribution in [-0.2, 0) is 20.7 Å². The number of carbonyl (C=O) groups is 2. The Hall–Kier alpha value is -2.91. The molecule has 0 saturated carbocycles. The molecule has 1 aromatic rings. The molecule has 3 N–H and O–H groups in total. The standard InChI is InChI=1S/C26H37BN4O6/c1-26(2,31-12-14-36-15-13-31)17-21(18-28)24(32)30-11-7-6-10-22(19-30)37-25(33)29-23(27(34)35)16-20-8-4-3-5-9-20/h3-5,8-9,17,22-23,34-35H,6-7,10-16,19H2,1-2H3,(H,29,33)/b21-17+/t22-,23-/m0/s1. The second-order valence-corrected chi connectivity index (χ2v) is 10.1. The third kappa shape index (κ3) is 8.57. The summed E-state index contributed by atoms with van der Waals surface area (Å²) in [6.07, 6.45) is 2.62. The fraction of sp³-hybridized carbons (Fsp3) is 0.577. The van der Waals surface area contributed by atoms with Gasteiger partial charge in [-0.2, -0.15) is 5.26 Å². The van der Waals surface area contributed by atoms with E-state index in [1.54, 1.807) is 11.0 Å². The number of ether oxygens (including phenoxy) is 2. The van der Waals surface area contributed by atoms with Gasteiger partial charge in [0.05, 0.1) is 25.7 Å². The van der Waals surface area contributed by atoms with Gasteiger partial charge in [-0.1, -0.05) is 30.3 Å². The van der Waals surface area contributed by atoms with Crippen molar-refractivity contribution in [3.05, 3.63) is 47.5 Å². The van der Waals surface area contributed by atoms with E-state index in [1.807, 2.05) is 44.2 Å². The Bertz CT molecular complexity index is 975. The zero-order valence-corrected chi connectivity index (χ0v) is 21.6. The fourth-order valence-electron chi connectivity index (χ4n) is 4.72.